The maximum absolute atomic E-state index is 12.9. The van der Waals surface area contributed by atoms with Gasteiger partial charge in [-0.25, -0.2) is 9.79 Å². The summed E-state index contributed by atoms with van der Waals surface area (Å²) in [4.78, 5) is 16.9. The zero-order valence-corrected chi connectivity index (χ0v) is 15.3. The Labute approximate surface area is 162 Å². The van der Waals surface area contributed by atoms with Gasteiger partial charge < -0.3 is 19.5 Å². The van der Waals surface area contributed by atoms with Crippen LogP contribution in [0.15, 0.2) is 46.1 Å². The van der Waals surface area contributed by atoms with Crippen molar-refractivity contribution in [1.29, 1.82) is 0 Å². The van der Waals surface area contributed by atoms with E-state index in [0.717, 1.165) is 4.90 Å². The van der Waals surface area contributed by atoms with Crippen LogP contribution >= 0.6 is 0 Å². The van der Waals surface area contributed by atoms with Crippen molar-refractivity contribution in [2.45, 2.75) is 12.0 Å². The number of alkyl halides is 3. The number of aliphatic imine (C=N–C) groups is 1. The lowest BCUT2D eigenvalue weighted by atomic mass is 9.96. The summed E-state index contributed by atoms with van der Waals surface area (Å²) in [6.45, 7) is 0. The van der Waals surface area contributed by atoms with Crippen molar-refractivity contribution >= 4 is 28.5 Å². The van der Waals surface area contributed by atoms with Gasteiger partial charge in [-0.3, -0.25) is 10.6 Å². The summed E-state index contributed by atoms with van der Waals surface area (Å²) in [5, 5.41) is 0.442. The Morgan fingerprint density at radius 2 is 2.03 bits per heavy atom. The van der Waals surface area contributed by atoms with Gasteiger partial charge in [-0.1, -0.05) is 0 Å². The number of hydrogen-bond acceptors (Lipinski definition) is 7. The molecule has 3 aromatic rings. The van der Waals surface area contributed by atoms with Crippen LogP contribution in [0.4, 0.5) is 18.9 Å². The van der Waals surface area contributed by atoms with E-state index in [1.807, 2.05) is 0 Å². The Balaban J connectivity index is 2.03. The third-order valence-electron chi connectivity index (χ3n) is 4.84. The van der Waals surface area contributed by atoms with Gasteiger partial charge >= 0.3 is 12.1 Å². The quantitative estimate of drug-likeness (QED) is 0.499. The Kier molecular flexibility index (Phi) is 3.91. The third kappa shape index (κ3) is 2.73. The lowest BCUT2D eigenvalue weighted by molar-refractivity contribution is -0.226. The molecule has 0 saturated heterocycles. The molecule has 2 aromatic heterocycles. The van der Waals surface area contributed by atoms with Crippen molar-refractivity contribution in [3.63, 3.8) is 0 Å². The molecule has 152 valence electrons. The number of rotatable bonds is 2. The molecule has 0 aliphatic carbocycles. The number of aryl methyl sites for hydroxylation is 1. The number of halogens is 3. The van der Waals surface area contributed by atoms with Crippen LogP contribution in [0.5, 0.6) is 0 Å². The van der Waals surface area contributed by atoms with E-state index in [9.17, 15) is 18.0 Å². The van der Waals surface area contributed by atoms with Gasteiger partial charge in [0.25, 0.3) is 5.85 Å². The predicted octanol–water partition coefficient (Wildman–Crippen LogP) is 2.50. The summed E-state index contributed by atoms with van der Waals surface area (Å²) >= 11 is 0. The fourth-order valence-corrected chi connectivity index (χ4v) is 3.42. The average Bonchev–Trinajstić information content (AvgIpc) is 3.29. The number of esters is 1. The van der Waals surface area contributed by atoms with Crippen molar-refractivity contribution in [2.24, 2.45) is 23.5 Å². The summed E-state index contributed by atoms with van der Waals surface area (Å²) < 4.78 is 50.7. The van der Waals surface area contributed by atoms with Crippen LogP contribution in [0.1, 0.15) is 5.56 Å². The fourth-order valence-electron chi connectivity index (χ4n) is 3.42. The van der Waals surface area contributed by atoms with Crippen molar-refractivity contribution in [3.05, 3.63) is 42.3 Å². The molecule has 0 radical (unpaired) electrons. The highest BCUT2D eigenvalue weighted by Crippen LogP contribution is 2.45. The zero-order chi connectivity index (χ0) is 21.1. The second kappa shape index (κ2) is 6.01. The normalized spacial score (nSPS) is 19.2. The maximum Gasteiger partial charge on any atom is 0.491 e. The standard InChI is InChI=1S/C18H16F3N5O3/c1-25-6-5-9-13-11(8-10(14(9)25)12-4-3-7-28-12)24-16(22)26(2)18(13,23)29-15(27)17(19,20)21/h3-8H,23H2,1-2H3,(H2,22,24). The number of fused-ring (bicyclic) bond motifs is 3. The lowest BCUT2D eigenvalue weighted by Crippen LogP contribution is -2.61. The SMILES string of the molecule is CN1C(N)=Nc2cc(-c3ccco3)c3c(ccn3C)c2C1(N)OC(=O)C(F)(F)F. The summed E-state index contributed by atoms with van der Waals surface area (Å²) in [6, 6.07) is 6.66. The molecule has 1 aliphatic heterocycles. The molecule has 11 heteroatoms. The second-order valence-corrected chi connectivity index (χ2v) is 6.60. The number of nitrogens with zero attached hydrogens (tertiary/aromatic N) is 3. The van der Waals surface area contributed by atoms with Gasteiger partial charge in [-0.05, 0) is 24.3 Å². The number of carbonyl (C=O) groups excluding carboxylic acids is 1. The molecule has 8 nitrogen and oxygen atoms in total. The van der Waals surface area contributed by atoms with Crippen LogP contribution in [-0.4, -0.2) is 34.6 Å². The Bertz CT molecular complexity index is 1150. The molecular weight excluding hydrogens is 391 g/mol. The summed E-state index contributed by atoms with van der Waals surface area (Å²) in [6.07, 6.45) is -2.04. The molecule has 0 bridgehead atoms. The molecule has 0 amide bonds. The number of benzene rings is 1. The largest absolute Gasteiger partial charge is 0.491 e. The molecule has 1 atom stereocenters. The Morgan fingerprint density at radius 3 is 2.66 bits per heavy atom. The van der Waals surface area contributed by atoms with E-state index in [-0.39, 0.29) is 17.2 Å². The molecule has 0 fully saturated rings. The molecule has 0 saturated carbocycles. The lowest BCUT2D eigenvalue weighted by Gasteiger charge is -2.41. The van der Waals surface area contributed by atoms with Gasteiger partial charge in [0, 0.05) is 31.2 Å². The first-order chi connectivity index (χ1) is 13.5. The highest BCUT2D eigenvalue weighted by molar-refractivity contribution is 6.02. The number of furan rings is 1. The van der Waals surface area contributed by atoms with E-state index in [2.05, 4.69) is 4.99 Å². The van der Waals surface area contributed by atoms with Crippen LogP contribution in [0.25, 0.3) is 22.2 Å². The molecule has 3 heterocycles. The number of ether oxygens (including phenoxy) is 1. The second-order valence-electron chi connectivity index (χ2n) is 6.60. The third-order valence-corrected chi connectivity index (χ3v) is 4.84. The van der Waals surface area contributed by atoms with Gasteiger partial charge in [0.15, 0.2) is 0 Å². The minimum absolute atomic E-state index is 0.0812. The summed E-state index contributed by atoms with van der Waals surface area (Å²) in [5.74, 6) is -4.46. The molecule has 1 unspecified atom stereocenters. The predicted molar refractivity (Wildman–Crippen MR) is 97.7 cm³/mol. The van der Waals surface area contributed by atoms with Gasteiger partial charge in [0.2, 0.25) is 5.96 Å². The van der Waals surface area contributed by atoms with Crippen molar-refractivity contribution < 1.29 is 27.1 Å². The van der Waals surface area contributed by atoms with Gasteiger partial charge in [-0.15, -0.1) is 0 Å². The molecule has 29 heavy (non-hydrogen) atoms. The number of guanidine groups is 1. The van der Waals surface area contributed by atoms with Crippen molar-refractivity contribution in [3.8, 4) is 11.3 Å². The average molecular weight is 407 g/mol. The number of carbonyl (C=O) groups is 1. The minimum Gasteiger partial charge on any atom is -0.464 e. The van der Waals surface area contributed by atoms with Crippen LogP contribution in [0.2, 0.25) is 0 Å². The van der Waals surface area contributed by atoms with Gasteiger partial charge in [0.05, 0.1) is 23.0 Å². The van der Waals surface area contributed by atoms with E-state index in [0.29, 0.717) is 22.2 Å². The first-order valence-electron chi connectivity index (χ1n) is 8.37. The highest BCUT2D eigenvalue weighted by Gasteiger charge is 2.51. The van der Waals surface area contributed by atoms with E-state index < -0.39 is 18.0 Å². The van der Waals surface area contributed by atoms with E-state index in [1.165, 1.54) is 13.3 Å². The monoisotopic (exact) mass is 407 g/mol. The van der Waals surface area contributed by atoms with E-state index in [4.69, 9.17) is 20.6 Å². The van der Waals surface area contributed by atoms with Crippen LogP contribution < -0.4 is 11.5 Å². The Morgan fingerprint density at radius 1 is 1.31 bits per heavy atom. The van der Waals surface area contributed by atoms with E-state index >= 15 is 0 Å². The van der Waals surface area contributed by atoms with E-state index in [1.54, 1.807) is 42.1 Å². The number of hydrogen-bond donors (Lipinski definition) is 2. The van der Waals surface area contributed by atoms with Crippen molar-refractivity contribution in [2.75, 3.05) is 7.05 Å². The topological polar surface area (TPSA) is 112 Å². The molecule has 1 aliphatic rings. The van der Waals surface area contributed by atoms with Crippen LogP contribution in [0.3, 0.4) is 0 Å². The first-order valence-corrected chi connectivity index (χ1v) is 8.37. The van der Waals surface area contributed by atoms with Crippen LogP contribution in [-0.2, 0) is 22.4 Å². The van der Waals surface area contributed by atoms with Crippen LogP contribution in [0, 0.1) is 0 Å². The summed E-state index contributed by atoms with van der Waals surface area (Å²) in [7, 11) is 3.05. The van der Waals surface area contributed by atoms with Crippen molar-refractivity contribution in [1.82, 2.24) is 9.47 Å². The molecular formula is C18H16F3N5O3. The molecule has 0 spiro atoms. The van der Waals surface area contributed by atoms with Gasteiger partial charge in [-0.2, -0.15) is 13.2 Å². The molecule has 1 aromatic carbocycles. The Hall–Kier alpha value is -3.47. The molecule has 4 rings (SSSR count). The zero-order valence-electron chi connectivity index (χ0n) is 15.3. The smallest absolute Gasteiger partial charge is 0.464 e. The first kappa shape index (κ1) is 18.9. The van der Waals surface area contributed by atoms with Gasteiger partial charge in [0.1, 0.15) is 5.76 Å². The fraction of sp³-hybridized carbons (Fsp3) is 0.222. The highest BCUT2D eigenvalue weighted by atomic mass is 19.4. The minimum atomic E-state index is -5.24. The number of aromatic nitrogens is 1. The summed E-state index contributed by atoms with van der Waals surface area (Å²) in [5.41, 5.74) is 13.6. The number of nitrogens with two attached hydrogens (primary N) is 2. The maximum atomic E-state index is 12.9. The molecule has 4 N–H and O–H groups in total.